The number of nitrogen functional groups attached to an aromatic ring is 1. The maximum Gasteiger partial charge on any atom is 0.137 e. The highest BCUT2D eigenvalue weighted by Crippen LogP contribution is 2.30. The van der Waals surface area contributed by atoms with E-state index in [2.05, 4.69) is 13.0 Å². The van der Waals surface area contributed by atoms with E-state index in [9.17, 15) is 0 Å². The molecule has 1 atom stereocenters. The van der Waals surface area contributed by atoms with Gasteiger partial charge in [-0.2, -0.15) is 0 Å². The Morgan fingerprint density at radius 2 is 2.14 bits per heavy atom. The second-order valence-corrected chi connectivity index (χ2v) is 5.28. The molecule has 4 heteroatoms. The molecule has 1 unspecified atom stereocenters. The van der Waals surface area contributed by atoms with Gasteiger partial charge in [0.15, 0.2) is 0 Å². The summed E-state index contributed by atoms with van der Waals surface area (Å²) in [4.78, 5) is 0. The number of amidine groups is 1. The van der Waals surface area contributed by atoms with Gasteiger partial charge >= 0.3 is 0 Å². The Balaban J connectivity index is 1.67. The van der Waals surface area contributed by atoms with Gasteiger partial charge in [-0.05, 0) is 30.7 Å². The third-order valence-electron chi connectivity index (χ3n) is 3.56. The fourth-order valence-electron chi connectivity index (χ4n) is 2.54. The summed E-state index contributed by atoms with van der Waals surface area (Å²) in [6, 6.07) is 13.5. The van der Waals surface area contributed by atoms with Crippen LogP contribution < -0.4 is 15.2 Å². The van der Waals surface area contributed by atoms with E-state index < -0.39 is 0 Å². The van der Waals surface area contributed by atoms with Crippen molar-refractivity contribution in [3.8, 4) is 11.5 Å². The molecule has 0 aromatic heterocycles. The second-order valence-electron chi connectivity index (χ2n) is 5.28. The monoisotopic (exact) mass is 282 g/mol. The van der Waals surface area contributed by atoms with Gasteiger partial charge in [0.25, 0.3) is 0 Å². The van der Waals surface area contributed by atoms with Gasteiger partial charge in [-0.1, -0.05) is 29.8 Å². The van der Waals surface area contributed by atoms with E-state index >= 15 is 0 Å². The molecule has 3 rings (SSSR count). The Bertz CT molecular complexity index is 682. The molecule has 1 aliphatic rings. The maximum absolute atomic E-state index is 7.56. The number of ether oxygens (including phenoxy) is 2. The lowest BCUT2D eigenvalue weighted by Gasteiger charge is -2.14. The van der Waals surface area contributed by atoms with Crippen molar-refractivity contribution in [1.29, 1.82) is 5.41 Å². The summed E-state index contributed by atoms with van der Waals surface area (Å²) in [6.45, 7) is 2.52. The van der Waals surface area contributed by atoms with E-state index in [1.54, 1.807) is 6.07 Å². The van der Waals surface area contributed by atoms with Crippen LogP contribution in [0, 0.1) is 12.3 Å². The molecule has 2 aromatic carbocycles. The molecule has 4 nitrogen and oxygen atoms in total. The second kappa shape index (κ2) is 5.48. The van der Waals surface area contributed by atoms with Gasteiger partial charge in [-0.3, -0.25) is 5.41 Å². The van der Waals surface area contributed by atoms with Crippen molar-refractivity contribution in [2.45, 2.75) is 19.4 Å². The molecule has 0 saturated carbocycles. The van der Waals surface area contributed by atoms with Crippen LogP contribution >= 0.6 is 0 Å². The maximum atomic E-state index is 7.56. The number of nitrogens with two attached hydrogens (primary N) is 1. The van der Waals surface area contributed by atoms with Crippen LogP contribution in [0.1, 0.15) is 16.7 Å². The highest BCUT2D eigenvalue weighted by atomic mass is 16.5. The van der Waals surface area contributed by atoms with Gasteiger partial charge in [0.1, 0.15) is 30.0 Å². The van der Waals surface area contributed by atoms with Crippen molar-refractivity contribution in [3.05, 3.63) is 59.2 Å². The minimum Gasteiger partial charge on any atom is -0.489 e. The minimum absolute atomic E-state index is 0.00168. The predicted octanol–water partition coefficient (Wildman–Crippen LogP) is 2.66. The van der Waals surface area contributed by atoms with Crippen molar-refractivity contribution in [3.63, 3.8) is 0 Å². The molecular formula is C17H18N2O2. The lowest BCUT2D eigenvalue weighted by atomic mass is 10.1. The molecule has 0 fully saturated rings. The van der Waals surface area contributed by atoms with E-state index in [4.69, 9.17) is 20.6 Å². The van der Waals surface area contributed by atoms with Crippen LogP contribution in [-0.4, -0.2) is 18.5 Å². The molecule has 0 saturated heterocycles. The third-order valence-corrected chi connectivity index (χ3v) is 3.56. The van der Waals surface area contributed by atoms with Crippen LogP contribution in [0.4, 0.5) is 0 Å². The first-order valence-electron chi connectivity index (χ1n) is 6.96. The average molecular weight is 282 g/mol. The molecule has 0 amide bonds. The first kappa shape index (κ1) is 13.5. The number of benzene rings is 2. The molecule has 0 radical (unpaired) electrons. The minimum atomic E-state index is 0.00168. The van der Waals surface area contributed by atoms with Gasteiger partial charge in [0, 0.05) is 6.42 Å². The molecule has 1 heterocycles. The molecule has 1 aliphatic heterocycles. The Morgan fingerprint density at radius 1 is 1.33 bits per heavy atom. The third kappa shape index (κ3) is 2.84. The molecule has 0 spiro atoms. The lowest BCUT2D eigenvalue weighted by molar-refractivity contribution is 0.148. The summed E-state index contributed by atoms with van der Waals surface area (Å²) in [5, 5.41) is 7.56. The quantitative estimate of drug-likeness (QED) is 0.669. The van der Waals surface area contributed by atoms with Crippen LogP contribution in [0.3, 0.4) is 0 Å². The fraction of sp³-hybridized carbons (Fsp3) is 0.235. The number of hydrogen-bond acceptors (Lipinski definition) is 3. The van der Waals surface area contributed by atoms with E-state index in [1.165, 1.54) is 11.1 Å². The Labute approximate surface area is 124 Å². The number of rotatable bonds is 4. The van der Waals surface area contributed by atoms with Gasteiger partial charge in [0.2, 0.25) is 0 Å². The summed E-state index contributed by atoms with van der Waals surface area (Å²) >= 11 is 0. The Kier molecular flexibility index (Phi) is 3.52. The molecular weight excluding hydrogens is 264 g/mol. The SMILES string of the molecule is Cc1ccc2c(c1)CC(COc1ccccc1C(=N)N)O2. The average Bonchev–Trinajstić information content (AvgIpc) is 2.87. The number of nitrogens with one attached hydrogen (secondary N) is 1. The summed E-state index contributed by atoms with van der Waals surface area (Å²) in [7, 11) is 0. The zero-order valence-electron chi connectivity index (χ0n) is 11.9. The zero-order valence-corrected chi connectivity index (χ0v) is 11.9. The van der Waals surface area contributed by atoms with E-state index in [-0.39, 0.29) is 11.9 Å². The standard InChI is InChI=1S/C17H18N2O2/c1-11-6-7-15-12(8-11)9-13(21-15)10-20-16-5-3-2-4-14(16)17(18)19/h2-8,13H,9-10H2,1H3,(H3,18,19). The molecule has 3 N–H and O–H groups in total. The van der Waals surface area contributed by atoms with Gasteiger partial charge < -0.3 is 15.2 Å². The summed E-state index contributed by atoms with van der Waals surface area (Å²) in [6.07, 6.45) is 0.848. The topological polar surface area (TPSA) is 68.3 Å². The zero-order chi connectivity index (χ0) is 14.8. The first-order valence-corrected chi connectivity index (χ1v) is 6.96. The van der Waals surface area contributed by atoms with Gasteiger partial charge in [-0.25, -0.2) is 0 Å². The predicted molar refractivity (Wildman–Crippen MR) is 82.3 cm³/mol. The molecule has 108 valence electrons. The van der Waals surface area contributed by atoms with Crippen LogP contribution in [-0.2, 0) is 6.42 Å². The van der Waals surface area contributed by atoms with Crippen LogP contribution in [0.5, 0.6) is 11.5 Å². The number of hydrogen-bond donors (Lipinski definition) is 2. The van der Waals surface area contributed by atoms with Crippen LogP contribution in [0.25, 0.3) is 0 Å². The van der Waals surface area contributed by atoms with Crippen molar-refractivity contribution < 1.29 is 9.47 Å². The summed E-state index contributed by atoms with van der Waals surface area (Å²) < 4.78 is 11.7. The smallest absolute Gasteiger partial charge is 0.137 e. The molecule has 2 aromatic rings. The van der Waals surface area contributed by atoms with Crippen molar-refractivity contribution >= 4 is 5.84 Å². The normalized spacial score (nSPS) is 16.1. The summed E-state index contributed by atoms with van der Waals surface area (Å²) in [5.41, 5.74) is 8.63. The molecule has 21 heavy (non-hydrogen) atoms. The highest BCUT2D eigenvalue weighted by Gasteiger charge is 2.23. The highest BCUT2D eigenvalue weighted by molar-refractivity contribution is 5.97. The van der Waals surface area contributed by atoms with Crippen molar-refractivity contribution in [2.75, 3.05) is 6.61 Å². The Morgan fingerprint density at radius 3 is 2.95 bits per heavy atom. The van der Waals surface area contributed by atoms with Crippen molar-refractivity contribution in [1.82, 2.24) is 0 Å². The van der Waals surface area contributed by atoms with Crippen LogP contribution in [0.15, 0.2) is 42.5 Å². The Hall–Kier alpha value is -2.49. The van der Waals surface area contributed by atoms with Crippen LogP contribution in [0.2, 0.25) is 0 Å². The number of para-hydroxylation sites is 1. The van der Waals surface area contributed by atoms with Crippen molar-refractivity contribution in [2.24, 2.45) is 5.73 Å². The van der Waals surface area contributed by atoms with Gasteiger partial charge in [0.05, 0.1) is 5.56 Å². The number of fused-ring (bicyclic) bond motifs is 1. The van der Waals surface area contributed by atoms with E-state index in [1.807, 2.05) is 30.3 Å². The van der Waals surface area contributed by atoms with Gasteiger partial charge in [-0.15, -0.1) is 0 Å². The molecule has 0 bridgehead atoms. The fourth-order valence-corrected chi connectivity index (χ4v) is 2.54. The lowest BCUT2D eigenvalue weighted by Crippen LogP contribution is -2.23. The number of aryl methyl sites for hydroxylation is 1. The summed E-state index contributed by atoms with van der Waals surface area (Å²) in [5.74, 6) is 1.58. The largest absolute Gasteiger partial charge is 0.489 e. The first-order chi connectivity index (χ1) is 10.1. The van der Waals surface area contributed by atoms with E-state index in [0.717, 1.165) is 12.2 Å². The molecule has 0 aliphatic carbocycles. The van der Waals surface area contributed by atoms with E-state index in [0.29, 0.717) is 17.9 Å².